The monoisotopic (exact) mass is 221 g/mol. The van der Waals surface area contributed by atoms with Crippen molar-refractivity contribution in [1.29, 1.82) is 0 Å². The Morgan fingerprint density at radius 3 is 2.81 bits per heavy atom. The summed E-state index contributed by atoms with van der Waals surface area (Å²) in [6.07, 6.45) is 6.42. The van der Waals surface area contributed by atoms with Crippen LogP contribution in [-0.2, 0) is 4.79 Å². The fourth-order valence-electron chi connectivity index (χ4n) is 1.21. The second-order valence-corrected chi connectivity index (χ2v) is 3.17. The van der Waals surface area contributed by atoms with Crippen LogP contribution in [0.1, 0.15) is 16.1 Å². The highest BCUT2D eigenvalue weighted by atomic mass is 16.4. The van der Waals surface area contributed by atoms with E-state index >= 15 is 0 Å². The van der Waals surface area contributed by atoms with E-state index in [1.54, 1.807) is 6.92 Å². The number of nitrogens with zero attached hydrogens (tertiary/aromatic N) is 2. The lowest BCUT2D eigenvalue weighted by atomic mass is 10.2. The smallest absolute Gasteiger partial charge is 0.323 e. The molecule has 1 aromatic heterocycles. The molecule has 0 aliphatic carbocycles. The normalized spacial score (nSPS) is 9.50. The first kappa shape index (κ1) is 11.8. The van der Waals surface area contributed by atoms with Gasteiger partial charge in [0.05, 0.1) is 18.3 Å². The summed E-state index contributed by atoms with van der Waals surface area (Å²) in [6, 6.07) is 0. The summed E-state index contributed by atoms with van der Waals surface area (Å²) >= 11 is 0. The fraction of sp³-hybridized carbons (Fsp3) is 0.300. The Hall–Kier alpha value is -2.29. The predicted molar refractivity (Wildman–Crippen MR) is 55.7 cm³/mol. The van der Waals surface area contributed by atoms with Crippen LogP contribution in [0.4, 0.5) is 0 Å². The molecule has 0 spiro atoms. The number of hydrogen-bond donors (Lipinski definition) is 2. The van der Waals surface area contributed by atoms with Gasteiger partial charge in [-0.2, -0.15) is 5.10 Å². The Balaban J connectivity index is 2.88. The molecule has 1 rings (SSSR count). The SMILES string of the molecule is C#CCN(CC(=O)O)C(=O)c1cn[nH]c1C. The highest BCUT2D eigenvalue weighted by Gasteiger charge is 2.20. The number of amides is 1. The van der Waals surface area contributed by atoms with Gasteiger partial charge in [-0.1, -0.05) is 5.92 Å². The van der Waals surface area contributed by atoms with Crippen LogP contribution in [0.5, 0.6) is 0 Å². The van der Waals surface area contributed by atoms with E-state index in [1.165, 1.54) is 6.20 Å². The van der Waals surface area contributed by atoms with E-state index in [9.17, 15) is 9.59 Å². The zero-order chi connectivity index (χ0) is 12.1. The first-order valence-electron chi connectivity index (χ1n) is 4.50. The third-order valence-corrected chi connectivity index (χ3v) is 1.96. The van der Waals surface area contributed by atoms with Gasteiger partial charge < -0.3 is 10.0 Å². The Labute approximate surface area is 92.3 Å². The minimum absolute atomic E-state index is 0.0459. The first-order chi connectivity index (χ1) is 7.56. The maximum absolute atomic E-state index is 11.9. The minimum atomic E-state index is -1.11. The number of carbonyl (C=O) groups excluding carboxylic acids is 1. The van der Waals surface area contributed by atoms with Crippen molar-refractivity contribution in [3.63, 3.8) is 0 Å². The number of aromatic amines is 1. The molecular weight excluding hydrogens is 210 g/mol. The van der Waals surface area contributed by atoms with E-state index in [2.05, 4.69) is 16.1 Å². The van der Waals surface area contributed by atoms with E-state index in [4.69, 9.17) is 11.5 Å². The summed E-state index contributed by atoms with van der Waals surface area (Å²) in [5, 5.41) is 14.9. The van der Waals surface area contributed by atoms with Crippen molar-refractivity contribution in [3.05, 3.63) is 17.5 Å². The van der Waals surface area contributed by atoms with Gasteiger partial charge in [0.25, 0.3) is 5.91 Å². The van der Waals surface area contributed by atoms with Gasteiger partial charge in [-0.25, -0.2) is 0 Å². The average Bonchev–Trinajstić information content (AvgIpc) is 2.62. The summed E-state index contributed by atoms with van der Waals surface area (Å²) in [5.41, 5.74) is 0.911. The number of carboxylic acids is 1. The lowest BCUT2D eigenvalue weighted by molar-refractivity contribution is -0.137. The molecule has 0 radical (unpaired) electrons. The molecule has 6 nitrogen and oxygen atoms in total. The lowest BCUT2D eigenvalue weighted by Crippen LogP contribution is -2.36. The summed E-state index contributed by atoms with van der Waals surface area (Å²) in [6.45, 7) is 1.21. The maximum Gasteiger partial charge on any atom is 0.323 e. The van der Waals surface area contributed by atoms with E-state index < -0.39 is 18.4 Å². The molecule has 6 heteroatoms. The molecular formula is C10H11N3O3. The third kappa shape index (κ3) is 2.60. The summed E-state index contributed by atoms with van der Waals surface area (Å²) in [4.78, 5) is 23.5. The Morgan fingerprint density at radius 1 is 1.69 bits per heavy atom. The molecule has 0 fully saturated rings. The van der Waals surface area contributed by atoms with Crippen molar-refractivity contribution in [2.45, 2.75) is 6.92 Å². The van der Waals surface area contributed by atoms with Crippen LogP contribution in [-0.4, -0.2) is 45.2 Å². The molecule has 1 heterocycles. The number of H-pyrrole nitrogens is 1. The van der Waals surface area contributed by atoms with Crippen LogP contribution in [0, 0.1) is 19.3 Å². The van der Waals surface area contributed by atoms with Gasteiger partial charge in [0.2, 0.25) is 0 Å². The second-order valence-electron chi connectivity index (χ2n) is 3.17. The number of aliphatic carboxylic acids is 1. The molecule has 16 heavy (non-hydrogen) atoms. The zero-order valence-corrected chi connectivity index (χ0v) is 8.73. The molecule has 84 valence electrons. The Morgan fingerprint density at radius 2 is 2.38 bits per heavy atom. The van der Waals surface area contributed by atoms with Crippen LogP contribution in [0.25, 0.3) is 0 Å². The van der Waals surface area contributed by atoms with Gasteiger partial charge in [0, 0.05) is 5.69 Å². The fourth-order valence-corrected chi connectivity index (χ4v) is 1.21. The van der Waals surface area contributed by atoms with E-state index in [-0.39, 0.29) is 6.54 Å². The molecule has 0 atom stereocenters. The van der Waals surface area contributed by atoms with Gasteiger partial charge in [0.15, 0.2) is 0 Å². The van der Waals surface area contributed by atoms with Crippen LogP contribution in [0.3, 0.4) is 0 Å². The average molecular weight is 221 g/mol. The van der Waals surface area contributed by atoms with Gasteiger partial charge in [-0.3, -0.25) is 14.7 Å². The predicted octanol–water partition coefficient (Wildman–Crippen LogP) is -0.122. The molecule has 1 aromatic rings. The summed E-state index contributed by atoms with van der Waals surface area (Å²) in [5.74, 6) is 0.702. The molecule has 0 bridgehead atoms. The van der Waals surface area contributed by atoms with Crippen LogP contribution in [0.2, 0.25) is 0 Å². The zero-order valence-electron chi connectivity index (χ0n) is 8.73. The van der Waals surface area contributed by atoms with E-state index in [0.29, 0.717) is 11.3 Å². The second kappa shape index (κ2) is 4.98. The highest BCUT2D eigenvalue weighted by Crippen LogP contribution is 2.07. The molecule has 0 unspecified atom stereocenters. The van der Waals surface area contributed by atoms with E-state index in [1.807, 2.05) is 0 Å². The molecule has 0 aliphatic rings. The van der Waals surface area contributed by atoms with E-state index in [0.717, 1.165) is 4.90 Å². The van der Waals surface area contributed by atoms with Crippen molar-refractivity contribution in [3.8, 4) is 12.3 Å². The standard InChI is InChI=1S/C10H11N3O3/c1-3-4-13(6-9(14)15)10(16)8-5-11-12-7(8)2/h1,5H,4,6H2,2H3,(H,11,12)(H,14,15). The van der Waals surface area contributed by atoms with Gasteiger partial charge in [0.1, 0.15) is 6.54 Å². The molecule has 0 aromatic carbocycles. The van der Waals surface area contributed by atoms with Crippen molar-refractivity contribution in [2.75, 3.05) is 13.1 Å². The van der Waals surface area contributed by atoms with Crippen LogP contribution in [0.15, 0.2) is 6.20 Å². The number of hydrogen-bond acceptors (Lipinski definition) is 3. The van der Waals surface area contributed by atoms with Crippen molar-refractivity contribution in [1.82, 2.24) is 15.1 Å². The first-order valence-corrected chi connectivity index (χ1v) is 4.50. The highest BCUT2D eigenvalue weighted by molar-refractivity contribution is 5.96. The number of aromatic nitrogens is 2. The number of carboxylic acid groups (broad SMARTS) is 1. The molecule has 0 saturated carbocycles. The van der Waals surface area contributed by atoms with Crippen molar-refractivity contribution in [2.24, 2.45) is 0 Å². The largest absolute Gasteiger partial charge is 0.480 e. The van der Waals surface area contributed by atoms with Crippen LogP contribution < -0.4 is 0 Å². The maximum atomic E-state index is 11.9. The molecule has 0 saturated heterocycles. The number of aryl methyl sites for hydroxylation is 1. The molecule has 2 N–H and O–H groups in total. The van der Waals surface area contributed by atoms with Crippen molar-refractivity contribution < 1.29 is 14.7 Å². The van der Waals surface area contributed by atoms with Gasteiger partial charge in [-0.05, 0) is 6.92 Å². The summed E-state index contributed by atoms with van der Waals surface area (Å²) < 4.78 is 0. The number of terminal acetylenes is 1. The number of nitrogens with one attached hydrogen (secondary N) is 1. The lowest BCUT2D eigenvalue weighted by Gasteiger charge is -2.17. The number of carbonyl (C=O) groups is 2. The quantitative estimate of drug-likeness (QED) is 0.694. The van der Waals surface area contributed by atoms with Crippen molar-refractivity contribution >= 4 is 11.9 Å². The molecule has 0 aliphatic heterocycles. The van der Waals surface area contributed by atoms with Crippen LogP contribution >= 0.6 is 0 Å². The Bertz CT molecular complexity index is 444. The summed E-state index contributed by atoms with van der Waals surface area (Å²) in [7, 11) is 0. The topological polar surface area (TPSA) is 86.3 Å². The molecule has 1 amide bonds. The number of rotatable bonds is 4. The third-order valence-electron chi connectivity index (χ3n) is 1.96. The van der Waals surface area contributed by atoms with Gasteiger partial charge >= 0.3 is 5.97 Å². The van der Waals surface area contributed by atoms with Gasteiger partial charge in [-0.15, -0.1) is 6.42 Å². The Kier molecular flexibility index (Phi) is 3.67. The minimum Gasteiger partial charge on any atom is -0.480 e.